The molecule has 0 fully saturated rings. The van der Waals surface area contributed by atoms with Crippen molar-refractivity contribution in [3.8, 4) is 6.07 Å². The minimum atomic E-state index is -0.794. The molecule has 0 saturated carbocycles. The molecule has 1 aliphatic heterocycles. The lowest BCUT2D eigenvalue weighted by atomic mass is 9.90. The zero-order valence-electron chi connectivity index (χ0n) is 14.2. The van der Waals surface area contributed by atoms with E-state index in [2.05, 4.69) is 41.7 Å². The van der Waals surface area contributed by atoms with Gasteiger partial charge < -0.3 is 10.2 Å². The number of rotatable bonds is 5. The smallest absolute Gasteiger partial charge is 0.276 e. The van der Waals surface area contributed by atoms with E-state index in [9.17, 15) is 10.1 Å². The first-order chi connectivity index (χ1) is 10.9. The maximum absolute atomic E-state index is 12.2. The van der Waals surface area contributed by atoms with Gasteiger partial charge in [-0.15, -0.1) is 0 Å². The summed E-state index contributed by atoms with van der Waals surface area (Å²) in [5.41, 5.74) is 1.84. The van der Waals surface area contributed by atoms with Crippen LogP contribution in [0.25, 0.3) is 5.57 Å². The Kier molecular flexibility index (Phi) is 5.57. The lowest BCUT2D eigenvalue weighted by molar-refractivity contribution is -0.886. The van der Waals surface area contributed by atoms with Gasteiger partial charge in [-0.05, 0) is 30.1 Å². The zero-order valence-corrected chi connectivity index (χ0v) is 14.2. The highest BCUT2D eigenvalue weighted by atomic mass is 16.2. The maximum atomic E-state index is 12.2. The van der Waals surface area contributed by atoms with Gasteiger partial charge in [0, 0.05) is 6.42 Å². The van der Waals surface area contributed by atoms with Crippen molar-refractivity contribution >= 4 is 11.5 Å². The van der Waals surface area contributed by atoms with Crippen molar-refractivity contribution in [3.63, 3.8) is 0 Å². The van der Waals surface area contributed by atoms with Crippen LogP contribution in [-0.2, 0) is 4.79 Å². The van der Waals surface area contributed by atoms with Crippen LogP contribution in [0.5, 0.6) is 0 Å². The van der Waals surface area contributed by atoms with Gasteiger partial charge in [-0.25, -0.2) is 0 Å². The molecule has 4 heteroatoms. The molecule has 0 saturated heterocycles. The second-order valence-corrected chi connectivity index (χ2v) is 6.74. The SMILES string of the molecule is CC(C)[C@@](C)(C#N)NC(=O)C[NH+]1CC=C(c2ccccc2)CC1. The fourth-order valence-corrected chi connectivity index (χ4v) is 2.72. The summed E-state index contributed by atoms with van der Waals surface area (Å²) in [4.78, 5) is 13.5. The molecule has 1 heterocycles. The normalized spacial score (nSPS) is 20.3. The number of nitrogens with zero attached hydrogens (tertiary/aromatic N) is 1. The second kappa shape index (κ2) is 7.43. The number of carbonyl (C=O) groups is 1. The largest absolute Gasteiger partial charge is 0.333 e. The van der Waals surface area contributed by atoms with Gasteiger partial charge in [-0.1, -0.05) is 44.2 Å². The predicted molar refractivity (Wildman–Crippen MR) is 91.6 cm³/mol. The average Bonchev–Trinajstić information content (AvgIpc) is 2.56. The van der Waals surface area contributed by atoms with Crippen LogP contribution in [-0.4, -0.2) is 31.1 Å². The van der Waals surface area contributed by atoms with E-state index in [1.54, 1.807) is 6.92 Å². The highest BCUT2D eigenvalue weighted by molar-refractivity contribution is 5.78. The molecule has 23 heavy (non-hydrogen) atoms. The summed E-state index contributed by atoms with van der Waals surface area (Å²) in [7, 11) is 0. The fourth-order valence-electron chi connectivity index (χ4n) is 2.72. The summed E-state index contributed by atoms with van der Waals surface area (Å²) < 4.78 is 0. The van der Waals surface area contributed by atoms with Gasteiger partial charge in [-0.3, -0.25) is 4.79 Å². The molecule has 0 radical (unpaired) electrons. The topological polar surface area (TPSA) is 57.3 Å². The van der Waals surface area contributed by atoms with E-state index in [0.717, 1.165) is 19.5 Å². The Morgan fingerprint density at radius 3 is 2.61 bits per heavy atom. The molecule has 1 unspecified atom stereocenters. The molecule has 4 nitrogen and oxygen atoms in total. The van der Waals surface area contributed by atoms with Gasteiger partial charge in [0.05, 0.1) is 19.2 Å². The van der Waals surface area contributed by atoms with E-state index in [0.29, 0.717) is 6.54 Å². The monoisotopic (exact) mass is 312 g/mol. The predicted octanol–water partition coefficient (Wildman–Crippen LogP) is 1.41. The van der Waals surface area contributed by atoms with Crippen LogP contribution in [0.2, 0.25) is 0 Å². The summed E-state index contributed by atoms with van der Waals surface area (Å²) >= 11 is 0. The van der Waals surface area contributed by atoms with E-state index < -0.39 is 5.54 Å². The Morgan fingerprint density at radius 2 is 2.09 bits per heavy atom. The van der Waals surface area contributed by atoms with Crippen molar-refractivity contribution in [2.24, 2.45) is 5.92 Å². The zero-order chi connectivity index (χ0) is 16.9. The number of amides is 1. The first-order valence-corrected chi connectivity index (χ1v) is 8.25. The van der Waals surface area contributed by atoms with Crippen molar-refractivity contribution in [1.82, 2.24) is 5.32 Å². The third-order valence-corrected chi connectivity index (χ3v) is 4.73. The van der Waals surface area contributed by atoms with E-state index >= 15 is 0 Å². The average molecular weight is 312 g/mol. The number of quaternary nitrogens is 1. The Labute approximate surface area is 138 Å². The molecule has 122 valence electrons. The first-order valence-electron chi connectivity index (χ1n) is 8.25. The number of benzene rings is 1. The quantitative estimate of drug-likeness (QED) is 0.864. The summed E-state index contributed by atoms with van der Waals surface area (Å²) in [6.07, 6.45) is 3.21. The van der Waals surface area contributed by atoms with Crippen LogP contribution >= 0.6 is 0 Å². The molecule has 0 spiro atoms. The molecule has 1 aromatic rings. The summed E-state index contributed by atoms with van der Waals surface area (Å²) in [6.45, 7) is 7.90. The van der Waals surface area contributed by atoms with Crippen molar-refractivity contribution in [2.45, 2.75) is 32.7 Å². The van der Waals surface area contributed by atoms with Gasteiger partial charge in [-0.2, -0.15) is 5.26 Å². The molecular formula is C19H26N3O+. The molecule has 2 N–H and O–H groups in total. The van der Waals surface area contributed by atoms with E-state index in [1.165, 1.54) is 16.0 Å². The van der Waals surface area contributed by atoms with Crippen LogP contribution in [0.4, 0.5) is 0 Å². The van der Waals surface area contributed by atoms with Gasteiger partial charge in [0.25, 0.3) is 5.91 Å². The van der Waals surface area contributed by atoms with Gasteiger partial charge in [0.15, 0.2) is 6.54 Å². The minimum Gasteiger partial charge on any atom is -0.333 e. The summed E-state index contributed by atoms with van der Waals surface area (Å²) in [6, 6.07) is 12.6. The van der Waals surface area contributed by atoms with E-state index in [4.69, 9.17) is 0 Å². The van der Waals surface area contributed by atoms with Gasteiger partial charge >= 0.3 is 0 Å². The molecule has 0 bridgehead atoms. The van der Waals surface area contributed by atoms with E-state index in [-0.39, 0.29) is 11.8 Å². The van der Waals surface area contributed by atoms with Crippen LogP contribution in [0.1, 0.15) is 32.8 Å². The maximum Gasteiger partial charge on any atom is 0.276 e. The standard InChI is InChI=1S/C19H25N3O/c1-15(2)19(3,14-20)21-18(23)13-22-11-9-17(10-12-22)16-7-5-4-6-8-16/h4-9,15H,10-13H2,1-3H3,(H,21,23)/p+1/t19-/m1/s1. The lowest BCUT2D eigenvalue weighted by Gasteiger charge is -2.29. The van der Waals surface area contributed by atoms with E-state index in [1.807, 2.05) is 19.9 Å². The van der Waals surface area contributed by atoms with Gasteiger partial charge in [0.2, 0.25) is 0 Å². The molecule has 2 rings (SSSR count). The number of carbonyl (C=O) groups excluding carboxylic acids is 1. The molecule has 2 atom stereocenters. The highest BCUT2D eigenvalue weighted by Gasteiger charge is 2.31. The first kappa shape index (κ1) is 17.2. The van der Waals surface area contributed by atoms with Crippen LogP contribution in [0.3, 0.4) is 0 Å². The number of hydrogen-bond acceptors (Lipinski definition) is 2. The van der Waals surface area contributed by atoms with Crippen molar-refractivity contribution < 1.29 is 9.69 Å². The highest BCUT2D eigenvalue weighted by Crippen LogP contribution is 2.18. The molecule has 1 aromatic carbocycles. The number of hydrogen-bond donors (Lipinski definition) is 2. The number of nitrogens with one attached hydrogen (secondary N) is 2. The van der Waals surface area contributed by atoms with Crippen molar-refractivity contribution in [3.05, 3.63) is 42.0 Å². The summed E-state index contributed by atoms with van der Waals surface area (Å²) in [5, 5.41) is 12.2. The minimum absolute atomic E-state index is 0.0469. The van der Waals surface area contributed by atoms with Crippen LogP contribution < -0.4 is 10.2 Å². The summed E-state index contributed by atoms with van der Waals surface area (Å²) in [5.74, 6) is 0.0340. The lowest BCUT2D eigenvalue weighted by Crippen LogP contribution is -3.13. The second-order valence-electron chi connectivity index (χ2n) is 6.74. The molecule has 0 aromatic heterocycles. The molecule has 0 aliphatic carbocycles. The Balaban J connectivity index is 1.90. The fraction of sp³-hybridized carbons (Fsp3) is 0.474. The third-order valence-electron chi connectivity index (χ3n) is 4.73. The molecular weight excluding hydrogens is 286 g/mol. The van der Waals surface area contributed by atoms with Crippen molar-refractivity contribution in [1.29, 1.82) is 5.26 Å². The Hall–Kier alpha value is -2.12. The third kappa shape index (κ3) is 4.43. The number of nitriles is 1. The Bertz CT molecular complexity index is 615. The van der Waals surface area contributed by atoms with Crippen molar-refractivity contribution in [2.75, 3.05) is 19.6 Å². The molecule has 1 aliphatic rings. The van der Waals surface area contributed by atoms with Crippen LogP contribution in [0, 0.1) is 17.2 Å². The Morgan fingerprint density at radius 1 is 1.39 bits per heavy atom. The van der Waals surface area contributed by atoms with Gasteiger partial charge in [0.1, 0.15) is 5.54 Å². The van der Waals surface area contributed by atoms with Crippen LogP contribution in [0.15, 0.2) is 36.4 Å². The molecule has 1 amide bonds.